The number of rotatable bonds is 3. The van der Waals surface area contributed by atoms with Crippen LogP contribution >= 0.6 is 11.3 Å². The minimum absolute atomic E-state index is 0.875. The molecule has 1 N–H and O–H groups in total. The summed E-state index contributed by atoms with van der Waals surface area (Å²) in [6.07, 6.45) is 6.66. The molecular formula is C23H21N3S. The van der Waals surface area contributed by atoms with Gasteiger partial charge in [-0.05, 0) is 67.0 Å². The van der Waals surface area contributed by atoms with E-state index in [0.29, 0.717) is 0 Å². The van der Waals surface area contributed by atoms with E-state index < -0.39 is 0 Å². The SMILES string of the molecule is Cc1cccc(Nc2ncnc3scc(-c4ccc5c(c4)CCCC5)c23)c1. The number of aryl methyl sites for hydroxylation is 3. The second kappa shape index (κ2) is 6.78. The fraction of sp³-hybridized carbons (Fsp3) is 0.217. The van der Waals surface area contributed by atoms with E-state index in [1.165, 1.54) is 53.5 Å². The molecule has 0 aliphatic heterocycles. The molecule has 0 fully saturated rings. The molecule has 0 spiro atoms. The summed E-state index contributed by atoms with van der Waals surface area (Å²) >= 11 is 1.68. The first-order chi connectivity index (χ1) is 13.3. The van der Waals surface area contributed by atoms with Crippen molar-refractivity contribution in [2.45, 2.75) is 32.6 Å². The predicted molar refractivity (Wildman–Crippen MR) is 114 cm³/mol. The molecule has 0 atom stereocenters. The fourth-order valence-electron chi connectivity index (χ4n) is 3.94. The summed E-state index contributed by atoms with van der Waals surface area (Å²) in [5, 5.41) is 6.83. The van der Waals surface area contributed by atoms with Gasteiger partial charge < -0.3 is 5.32 Å². The van der Waals surface area contributed by atoms with Crippen molar-refractivity contribution in [3.05, 3.63) is 70.9 Å². The Balaban J connectivity index is 1.61. The van der Waals surface area contributed by atoms with Crippen molar-refractivity contribution < 1.29 is 0 Å². The Bertz CT molecular complexity index is 1130. The van der Waals surface area contributed by atoms with E-state index in [2.05, 4.69) is 70.1 Å². The van der Waals surface area contributed by atoms with Gasteiger partial charge in [-0.25, -0.2) is 9.97 Å². The largest absolute Gasteiger partial charge is 0.340 e. The zero-order valence-corrected chi connectivity index (χ0v) is 16.1. The number of nitrogens with zero attached hydrogens (tertiary/aromatic N) is 2. The molecule has 3 nitrogen and oxygen atoms in total. The van der Waals surface area contributed by atoms with Crippen LogP contribution in [0.15, 0.2) is 54.2 Å². The molecule has 27 heavy (non-hydrogen) atoms. The maximum atomic E-state index is 4.56. The number of anilines is 2. The maximum absolute atomic E-state index is 4.56. The highest BCUT2D eigenvalue weighted by atomic mass is 32.1. The quantitative estimate of drug-likeness (QED) is 0.460. The summed E-state index contributed by atoms with van der Waals surface area (Å²) in [4.78, 5) is 10.1. The lowest BCUT2D eigenvalue weighted by Gasteiger charge is -2.16. The van der Waals surface area contributed by atoms with Crippen LogP contribution in [-0.4, -0.2) is 9.97 Å². The van der Waals surface area contributed by atoms with Gasteiger partial charge in [0, 0.05) is 16.6 Å². The van der Waals surface area contributed by atoms with E-state index in [1.807, 2.05) is 0 Å². The number of hydrogen-bond donors (Lipinski definition) is 1. The van der Waals surface area contributed by atoms with Gasteiger partial charge in [-0.2, -0.15) is 0 Å². The van der Waals surface area contributed by atoms with Crippen LogP contribution < -0.4 is 5.32 Å². The predicted octanol–water partition coefficient (Wildman–Crippen LogP) is 6.29. The number of benzene rings is 2. The number of hydrogen-bond acceptors (Lipinski definition) is 4. The third-order valence-electron chi connectivity index (χ3n) is 5.31. The first-order valence-electron chi connectivity index (χ1n) is 9.46. The Hall–Kier alpha value is -2.72. The summed E-state index contributed by atoms with van der Waals surface area (Å²) < 4.78 is 0. The fourth-order valence-corrected chi connectivity index (χ4v) is 4.86. The standard InChI is InChI=1S/C23H21N3S/c1-15-5-4-8-19(11-15)26-22-21-20(13-27-23(21)25-14-24-22)18-10-9-16-6-2-3-7-17(16)12-18/h4-5,8-14H,2-3,6-7H2,1H3,(H,24,25,26). The van der Waals surface area contributed by atoms with Crippen LogP contribution in [0.1, 0.15) is 29.5 Å². The molecule has 4 aromatic rings. The smallest absolute Gasteiger partial charge is 0.143 e. The van der Waals surface area contributed by atoms with Gasteiger partial charge in [0.15, 0.2) is 0 Å². The highest BCUT2D eigenvalue weighted by Gasteiger charge is 2.16. The summed E-state index contributed by atoms with van der Waals surface area (Å²) in [6, 6.07) is 15.3. The Kier molecular flexibility index (Phi) is 4.13. The first kappa shape index (κ1) is 16.5. The van der Waals surface area contributed by atoms with Gasteiger partial charge >= 0.3 is 0 Å². The number of fused-ring (bicyclic) bond motifs is 2. The molecule has 0 saturated heterocycles. The Labute approximate surface area is 163 Å². The van der Waals surface area contributed by atoms with Crippen LogP contribution in [0.4, 0.5) is 11.5 Å². The molecule has 5 rings (SSSR count). The highest BCUT2D eigenvalue weighted by Crippen LogP contribution is 2.38. The van der Waals surface area contributed by atoms with E-state index in [9.17, 15) is 0 Å². The van der Waals surface area contributed by atoms with Gasteiger partial charge in [0.1, 0.15) is 17.0 Å². The molecule has 2 aromatic heterocycles. The van der Waals surface area contributed by atoms with Crippen molar-refractivity contribution in [3.63, 3.8) is 0 Å². The molecule has 0 bridgehead atoms. The lowest BCUT2D eigenvalue weighted by molar-refractivity contribution is 0.686. The second-order valence-electron chi connectivity index (χ2n) is 7.24. The molecule has 0 radical (unpaired) electrons. The topological polar surface area (TPSA) is 37.8 Å². The zero-order chi connectivity index (χ0) is 18.2. The molecule has 0 saturated carbocycles. The summed E-state index contributed by atoms with van der Waals surface area (Å²) in [5.41, 5.74) is 7.79. The Morgan fingerprint density at radius 1 is 0.963 bits per heavy atom. The monoisotopic (exact) mass is 371 g/mol. The minimum atomic E-state index is 0.875. The van der Waals surface area contributed by atoms with Gasteiger partial charge in [0.2, 0.25) is 0 Å². The van der Waals surface area contributed by atoms with Crippen LogP contribution in [0, 0.1) is 6.92 Å². The van der Waals surface area contributed by atoms with E-state index in [4.69, 9.17) is 0 Å². The van der Waals surface area contributed by atoms with Crippen molar-refractivity contribution in [3.8, 4) is 11.1 Å². The van der Waals surface area contributed by atoms with E-state index in [1.54, 1.807) is 17.7 Å². The molecule has 1 aliphatic carbocycles. The molecule has 2 aromatic carbocycles. The average molecular weight is 372 g/mol. The van der Waals surface area contributed by atoms with Gasteiger partial charge in [-0.15, -0.1) is 11.3 Å². The lowest BCUT2D eigenvalue weighted by atomic mass is 9.89. The first-order valence-corrected chi connectivity index (χ1v) is 10.3. The van der Waals surface area contributed by atoms with E-state index in [0.717, 1.165) is 21.7 Å². The third kappa shape index (κ3) is 3.10. The Morgan fingerprint density at radius 3 is 2.74 bits per heavy atom. The maximum Gasteiger partial charge on any atom is 0.143 e. The molecule has 1 aliphatic rings. The van der Waals surface area contributed by atoms with Gasteiger partial charge in [0.05, 0.1) is 5.39 Å². The van der Waals surface area contributed by atoms with Crippen molar-refractivity contribution in [1.29, 1.82) is 0 Å². The number of nitrogens with one attached hydrogen (secondary N) is 1. The molecule has 0 amide bonds. The van der Waals surface area contributed by atoms with Crippen LogP contribution in [0.2, 0.25) is 0 Å². The summed E-state index contributed by atoms with van der Waals surface area (Å²) in [6.45, 7) is 2.10. The second-order valence-corrected chi connectivity index (χ2v) is 8.09. The van der Waals surface area contributed by atoms with Crippen LogP contribution in [0.25, 0.3) is 21.3 Å². The minimum Gasteiger partial charge on any atom is -0.340 e. The van der Waals surface area contributed by atoms with Gasteiger partial charge in [0.25, 0.3) is 0 Å². The summed E-state index contributed by atoms with van der Waals surface area (Å²) in [7, 11) is 0. The molecular weight excluding hydrogens is 350 g/mol. The van der Waals surface area contributed by atoms with Crippen LogP contribution in [0.5, 0.6) is 0 Å². The van der Waals surface area contributed by atoms with Crippen molar-refractivity contribution in [2.75, 3.05) is 5.32 Å². The lowest BCUT2D eigenvalue weighted by Crippen LogP contribution is -2.02. The van der Waals surface area contributed by atoms with E-state index >= 15 is 0 Å². The number of thiophene rings is 1. The van der Waals surface area contributed by atoms with Gasteiger partial charge in [-0.3, -0.25) is 0 Å². The molecule has 4 heteroatoms. The van der Waals surface area contributed by atoms with Crippen LogP contribution in [-0.2, 0) is 12.8 Å². The number of aromatic nitrogens is 2. The van der Waals surface area contributed by atoms with Crippen molar-refractivity contribution >= 4 is 33.1 Å². The van der Waals surface area contributed by atoms with Crippen molar-refractivity contribution in [1.82, 2.24) is 9.97 Å². The van der Waals surface area contributed by atoms with E-state index in [-0.39, 0.29) is 0 Å². The van der Waals surface area contributed by atoms with Gasteiger partial charge in [-0.1, -0.05) is 30.3 Å². The summed E-state index contributed by atoms with van der Waals surface area (Å²) in [5.74, 6) is 0.875. The van der Waals surface area contributed by atoms with Crippen LogP contribution in [0.3, 0.4) is 0 Å². The highest BCUT2D eigenvalue weighted by molar-refractivity contribution is 7.17. The third-order valence-corrected chi connectivity index (χ3v) is 6.20. The zero-order valence-electron chi connectivity index (χ0n) is 15.3. The van der Waals surface area contributed by atoms with Crippen molar-refractivity contribution in [2.24, 2.45) is 0 Å². The normalized spacial score (nSPS) is 13.5. The average Bonchev–Trinajstić information content (AvgIpc) is 3.13. The molecule has 2 heterocycles. The molecule has 134 valence electrons. The molecule has 0 unspecified atom stereocenters. The Morgan fingerprint density at radius 2 is 1.85 bits per heavy atom.